The minimum Gasteiger partial charge on any atom is -0.330 e. The second kappa shape index (κ2) is 5.27. The highest BCUT2D eigenvalue weighted by atomic mass is 32.2. The summed E-state index contributed by atoms with van der Waals surface area (Å²) >= 11 is 1.05. The Morgan fingerprint density at radius 2 is 2.08 bits per heavy atom. The van der Waals surface area contributed by atoms with Gasteiger partial charge in [0.2, 0.25) is 0 Å². The van der Waals surface area contributed by atoms with Crippen LogP contribution in [-0.4, -0.2) is 24.2 Å². The van der Waals surface area contributed by atoms with Gasteiger partial charge < -0.3 is 5.73 Å². The summed E-state index contributed by atoms with van der Waals surface area (Å²) in [6, 6.07) is 1.21. The van der Waals surface area contributed by atoms with Crippen molar-refractivity contribution in [2.45, 2.75) is 6.18 Å². The molecular formula is C6H9F3N2S. The first-order valence-electron chi connectivity index (χ1n) is 3.26. The average Bonchev–Trinajstić information content (AvgIpc) is 1.95. The van der Waals surface area contributed by atoms with E-state index < -0.39 is 12.1 Å². The van der Waals surface area contributed by atoms with Crippen molar-refractivity contribution in [3.63, 3.8) is 0 Å². The quantitative estimate of drug-likeness (QED) is 0.694. The minimum absolute atomic E-state index is 0.225. The van der Waals surface area contributed by atoms with Crippen LogP contribution in [0.5, 0.6) is 0 Å². The summed E-state index contributed by atoms with van der Waals surface area (Å²) in [5.74, 6) is -1.64. The molecule has 1 unspecified atom stereocenters. The minimum atomic E-state index is -4.41. The van der Waals surface area contributed by atoms with Gasteiger partial charge >= 0.3 is 6.18 Å². The number of hydrogen-bond acceptors (Lipinski definition) is 3. The fourth-order valence-electron chi connectivity index (χ4n) is 0.489. The van der Waals surface area contributed by atoms with Crippen LogP contribution in [0.25, 0.3) is 0 Å². The van der Waals surface area contributed by atoms with E-state index in [9.17, 15) is 13.2 Å². The van der Waals surface area contributed by atoms with Crippen LogP contribution in [0.2, 0.25) is 0 Å². The molecule has 0 amide bonds. The Hall–Kier alpha value is -0.410. The van der Waals surface area contributed by atoms with E-state index in [4.69, 9.17) is 11.0 Å². The molecule has 0 bridgehead atoms. The van der Waals surface area contributed by atoms with Gasteiger partial charge in [0, 0.05) is 18.1 Å². The molecule has 2 N–H and O–H groups in total. The van der Waals surface area contributed by atoms with Crippen molar-refractivity contribution in [3.05, 3.63) is 0 Å². The van der Waals surface area contributed by atoms with E-state index in [2.05, 4.69) is 0 Å². The Morgan fingerprint density at radius 3 is 2.42 bits per heavy atom. The van der Waals surface area contributed by atoms with E-state index in [0.717, 1.165) is 11.8 Å². The molecule has 0 fully saturated rings. The number of nitrogens with two attached hydrogens (primary N) is 1. The lowest BCUT2D eigenvalue weighted by Gasteiger charge is -2.11. The molecule has 0 aliphatic rings. The topological polar surface area (TPSA) is 49.8 Å². The number of nitriles is 1. The number of rotatable bonds is 4. The molecule has 6 heteroatoms. The van der Waals surface area contributed by atoms with Crippen molar-refractivity contribution in [1.29, 1.82) is 5.26 Å². The standard InChI is InChI=1S/C6H9F3N2S/c7-6(8,9)5(3-11)4-12-2-1-10/h5H,1-2,4,10H2. The third kappa shape index (κ3) is 4.46. The number of hydrogen-bond donors (Lipinski definition) is 1. The van der Waals surface area contributed by atoms with Crippen LogP contribution >= 0.6 is 11.8 Å². The molecule has 0 aromatic carbocycles. The number of nitrogens with zero attached hydrogens (tertiary/aromatic N) is 1. The van der Waals surface area contributed by atoms with E-state index in [-0.39, 0.29) is 5.75 Å². The third-order valence-corrected chi connectivity index (χ3v) is 2.19. The molecule has 70 valence electrons. The van der Waals surface area contributed by atoms with Crippen LogP contribution in [0.3, 0.4) is 0 Å². The van der Waals surface area contributed by atoms with E-state index in [1.165, 1.54) is 6.07 Å². The Morgan fingerprint density at radius 1 is 1.50 bits per heavy atom. The maximum atomic E-state index is 11.9. The summed E-state index contributed by atoms with van der Waals surface area (Å²) in [6.45, 7) is 0.334. The van der Waals surface area contributed by atoms with Gasteiger partial charge in [0.15, 0.2) is 5.92 Å². The second-order valence-corrected chi connectivity index (χ2v) is 3.24. The molecular weight excluding hydrogens is 189 g/mol. The number of thioether (sulfide) groups is 1. The molecule has 0 radical (unpaired) electrons. The zero-order chi connectivity index (χ0) is 9.61. The van der Waals surface area contributed by atoms with Crippen molar-refractivity contribution < 1.29 is 13.2 Å². The van der Waals surface area contributed by atoms with Crippen LogP contribution < -0.4 is 5.73 Å². The lowest BCUT2D eigenvalue weighted by Crippen LogP contribution is -2.23. The largest absolute Gasteiger partial charge is 0.405 e. The van der Waals surface area contributed by atoms with Gasteiger partial charge in [-0.05, 0) is 0 Å². The third-order valence-electron chi connectivity index (χ3n) is 1.10. The Labute approximate surface area is 72.9 Å². The lowest BCUT2D eigenvalue weighted by atomic mass is 10.2. The van der Waals surface area contributed by atoms with E-state index in [0.29, 0.717) is 12.3 Å². The average molecular weight is 198 g/mol. The van der Waals surface area contributed by atoms with Crippen molar-refractivity contribution in [2.24, 2.45) is 11.7 Å². The molecule has 0 aromatic heterocycles. The Bertz CT molecular complexity index is 163. The van der Waals surface area contributed by atoms with Crippen LogP contribution in [0.15, 0.2) is 0 Å². The van der Waals surface area contributed by atoms with Crippen LogP contribution in [0.1, 0.15) is 0 Å². The number of alkyl halides is 3. The Balaban J connectivity index is 3.79. The van der Waals surface area contributed by atoms with E-state index in [1.807, 2.05) is 0 Å². The maximum Gasteiger partial charge on any atom is 0.405 e. The van der Waals surface area contributed by atoms with Crippen molar-refractivity contribution >= 4 is 11.8 Å². The highest BCUT2D eigenvalue weighted by Crippen LogP contribution is 2.28. The summed E-state index contributed by atoms with van der Waals surface area (Å²) < 4.78 is 35.6. The van der Waals surface area contributed by atoms with Crippen LogP contribution in [-0.2, 0) is 0 Å². The summed E-state index contributed by atoms with van der Waals surface area (Å²) in [7, 11) is 0. The van der Waals surface area contributed by atoms with Crippen molar-refractivity contribution in [2.75, 3.05) is 18.1 Å². The maximum absolute atomic E-state index is 11.9. The van der Waals surface area contributed by atoms with Gasteiger partial charge in [0.25, 0.3) is 0 Å². The lowest BCUT2D eigenvalue weighted by molar-refractivity contribution is -0.152. The molecule has 12 heavy (non-hydrogen) atoms. The van der Waals surface area contributed by atoms with Crippen molar-refractivity contribution in [3.8, 4) is 6.07 Å². The second-order valence-electron chi connectivity index (χ2n) is 2.09. The highest BCUT2D eigenvalue weighted by Gasteiger charge is 2.39. The summed E-state index contributed by atoms with van der Waals surface area (Å²) in [4.78, 5) is 0. The first kappa shape index (κ1) is 11.6. The van der Waals surface area contributed by atoms with Gasteiger partial charge in [-0.2, -0.15) is 30.2 Å². The Kier molecular flexibility index (Phi) is 5.09. The first-order valence-corrected chi connectivity index (χ1v) is 4.42. The summed E-state index contributed by atoms with van der Waals surface area (Å²) in [5.41, 5.74) is 5.08. The highest BCUT2D eigenvalue weighted by molar-refractivity contribution is 7.99. The van der Waals surface area contributed by atoms with E-state index in [1.54, 1.807) is 0 Å². The van der Waals surface area contributed by atoms with Gasteiger partial charge in [0.1, 0.15) is 0 Å². The normalized spacial score (nSPS) is 13.9. The molecule has 0 rings (SSSR count). The van der Waals surface area contributed by atoms with Gasteiger partial charge in [0.05, 0.1) is 6.07 Å². The first-order chi connectivity index (χ1) is 5.52. The molecule has 0 heterocycles. The zero-order valence-electron chi connectivity index (χ0n) is 6.27. The molecule has 0 saturated heterocycles. The predicted molar refractivity (Wildman–Crippen MR) is 41.5 cm³/mol. The van der Waals surface area contributed by atoms with Crippen molar-refractivity contribution in [1.82, 2.24) is 0 Å². The molecule has 0 aliphatic heterocycles. The summed E-state index contributed by atoms with van der Waals surface area (Å²) in [6.07, 6.45) is -4.41. The van der Waals surface area contributed by atoms with E-state index >= 15 is 0 Å². The predicted octanol–water partition coefficient (Wildman–Crippen LogP) is 1.38. The number of halogens is 3. The zero-order valence-corrected chi connectivity index (χ0v) is 7.08. The molecule has 2 nitrogen and oxygen atoms in total. The molecule has 0 spiro atoms. The smallest absolute Gasteiger partial charge is 0.330 e. The molecule has 0 aliphatic carbocycles. The van der Waals surface area contributed by atoms with Crippen LogP contribution in [0, 0.1) is 17.2 Å². The van der Waals surface area contributed by atoms with Gasteiger partial charge in [-0.15, -0.1) is 0 Å². The summed E-state index contributed by atoms with van der Waals surface area (Å²) in [5, 5.41) is 8.15. The fourth-order valence-corrected chi connectivity index (χ4v) is 1.32. The monoisotopic (exact) mass is 198 g/mol. The van der Waals surface area contributed by atoms with Crippen LogP contribution in [0.4, 0.5) is 13.2 Å². The SMILES string of the molecule is N#CC(CSCCN)C(F)(F)F. The molecule has 0 saturated carbocycles. The van der Waals surface area contributed by atoms with Gasteiger partial charge in [-0.25, -0.2) is 0 Å². The fraction of sp³-hybridized carbons (Fsp3) is 0.833. The molecule has 0 aromatic rings. The van der Waals surface area contributed by atoms with Gasteiger partial charge in [-0.1, -0.05) is 0 Å². The van der Waals surface area contributed by atoms with Gasteiger partial charge in [-0.3, -0.25) is 0 Å². The molecule has 1 atom stereocenters.